The van der Waals surface area contributed by atoms with Crippen molar-refractivity contribution < 1.29 is 47.3 Å². The molecule has 11 heavy (non-hydrogen) atoms. The maximum atomic E-state index is 9.91. The second kappa shape index (κ2) is 6.95. The Kier molecular flexibility index (Phi) is 8.74. The fourth-order valence-corrected chi connectivity index (χ4v) is 0.554. The first-order valence-corrected chi connectivity index (χ1v) is 4.11. The molecule has 0 atom stereocenters. The van der Waals surface area contributed by atoms with Crippen LogP contribution in [0.5, 0.6) is 0 Å². The number of hydrogen-bond acceptors (Lipinski definition) is 4. The van der Waals surface area contributed by atoms with Crippen molar-refractivity contribution in [2.75, 3.05) is 12.4 Å². The van der Waals surface area contributed by atoms with Gasteiger partial charge in [-0.05, 0) is 0 Å². The van der Waals surface area contributed by atoms with E-state index in [4.69, 9.17) is 0 Å². The fourth-order valence-electron chi connectivity index (χ4n) is 0.267. The quantitative estimate of drug-likeness (QED) is 0.199. The van der Waals surface area contributed by atoms with Crippen molar-refractivity contribution in [1.82, 2.24) is 0 Å². The van der Waals surface area contributed by atoms with Gasteiger partial charge < -0.3 is 9.29 Å². The summed E-state index contributed by atoms with van der Waals surface area (Å²) >= 11 is 0. The normalized spacial score (nSPS) is 8.91. The van der Waals surface area contributed by atoms with Gasteiger partial charge in [0.15, 0.2) is 0 Å². The summed E-state index contributed by atoms with van der Waals surface area (Å²) in [5, 5.41) is 0. The zero-order valence-corrected chi connectivity index (χ0v) is 9.27. The minimum absolute atomic E-state index is 0. The molecule has 0 bridgehead atoms. The van der Waals surface area contributed by atoms with Crippen LogP contribution in [0.4, 0.5) is 0 Å². The van der Waals surface area contributed by atoms with Gasteiger partial charge in [-0.25, -0.2) is 8.42 Å². The molecule has 0 radical (unpaired) electrons. The predicted molar refractivity (Wildman–Crippen MR) is 34.0 cm³/mol. The molecule has 0 N–H and O–H groups in total. The fraction of sp³-hybridized carbons (Fsp3) is 0.600. The van der Waals surface area contributed by atoms with Crippen molar-refractivity contribution >= 4 is 10.1 Å². The summed E-state index contributed by atoms with van der Waals surface area (Å²) in [7, 11) is -4.15. The first kappa shape index (κ1) is 13.8. The zero-order valence-electron chi connectivity index (χ0n) is 6.46. The molecule has 58 valence electrons. The Labute approximate surface area is 88.4 Å². The van der Waals surface area contributed by atoms with E-state index in [2.05, 4.69) is 16.8 Å². The van der Waals surface area contributed by atoms with Crippen LogP contribution in [0.25, 0.3) is 0 Å². The van der Waals surface area contributed by atoms with Crippen molar-refractivity contribution in [3.63, 3.8) is 0 Å². The monoisotopic (exact) mass is 186 g/mol. The Morgan fingerprint density at radius 2 is 2.09 bits per heavy atom. The van der Waals surface area contributed by atoms with E-state index in [1.807, 2.05) is 0 Å². The average Bonchev–Trinajstić information content (AvgIpc) is 1.78. The SMILES string of the molecule is CC#COCCS(=O)(=O)[O-].[Na+]. The predicted octanol–water partition coefficient (Wildman–Crippen LogP) is -3.47. The third kappa shape index (κ3) is 13.3. The smallest absolute Gasteiger partial charge is 0.748 e. The van der Waals surface area contributed by atoms with E-state index in [1.165, 1.54) is 0 Å². The summed E-state index contributed by atoms with van der Waals surface area (Å²) in [4.78, 5) is 0. The minimum atomic E-state index is -4.15. The van der Waals surface area contributed by atoms with Crippen LogP contribution in [-0.2, 0) is 14.9 Å². The summed E-state index contributed by atoms with van der Waals surface area (Å²) < 4.78 is 34.2. The van der Waals surface area contributed by atoms with Crippen LogP contribution in [0.1, 0.15) is 6.92 Å². The van der Waals surface area contributed by atoms with Gasteiger partial charge in [-0.2, -0.15) is 0 Å². The number of hydrogen-bond donors (Lipinski definition) is 0. The standard InChI is InChI=1S/C5H8O4S.Na/c1-2-3-9-4-5-10(6,7)8;/h4-5H2,1H3,(H,6,7,8);/q;+1/p-1. The third-order valence-electron chi connectivity index (χ3n) is 0.610. The molecule has 0 heterocycles. The van der Waals surface area contributed by atoms with Crippen LogP contribution in [0.2, 0.25) is 0 Å². The molecule has 0 fully saturated rings. The summed E-state index contributed by atoms with van der Waals surface area (Å²) in [6.45, 7) is 1.39. The van der Waals surface area contributed by atoms with Crippen molar-refractivity contribution in [3.05, 3.63) is 0 Å². The van der Waals surface area contributed by atoms with E-state index in [0.29, 0.717) is 0 Å². The van der Waals surface area contributed by atoms with Gasteiger partial charge in [0.2, 0.25) is 0 Å². The first-order chi connectivity index (χ1) is 4.56. The van der Waals surface area contributed by atoms with E-state index in [-0.39, 0.29) is 36.2 Å². The van der Waals surface area contributed by atoms with Gasteiger partial charge in [-0.3, -0.25) is 0 Å². The van der Waals surface area contributed by atoms with Crippen LogP contribution in [-0.4, -0.2) is 25.3 Å². The molecule has 0 aliphatic heterocycles. The average molecular weight is 186 g/mol. The molecule has 0 amide bonds. The first-order valence-electron chi connectivity index (χ1n) is 2.53. The van der Waals surface area contributed by atoms with E-state index in [9.17, 15) is 13.0 Å². The Bertz CT molecular complexity index is 235. The molecule has 0 aliphatic carbocycles. The van der Waals surface area contributed by atoms with Gasteiger partial charge in [0.1, 0.15) is 12.7 Å². The summed E-state index contributed by atoms with van der Waals surface area (Å²) in [6, 6.07) is 0. The van der Waals surface area contributed by atoms with Gasteiger partial charge >= 0.3 is 29.6 Å². The summed E-state index contributed by atoms with van der Waals surface area (Å²) in [6.07, 6.45) is 2.17. The number of ether oxygens (including phenoxy) is 1. The molecule has 0 spiro atoms. The molecule has 0 unspecified atom stereocenters. The van der Waals surface area contributed by atoms with Crippen molar-refractivity contribution in [1.29, 1.82) is 0 Å². The largest absolute Gasteiger partial charge is 1.00 e. The third-order valence-corrected chi connectivity index (χ3v) is 1.28. The topological polar surface area (TPSA) is 66.4 Å². The molecule has 0 aromatic carbocycles. The van der Waals surface area contributed by atoms with Gasteiger partial charge in [0.25, 0.3) is 0 Å². The van der Waals surface area contributed by atoms with Gasteiger partial charge in [0.05, 0.1) is 15.9 Å². The van der Waals surface area contributed by atoms with Crippen LogP contribution in [0.3, 0.4) is 0 Å². The molecule has 6 heteroatoms. The molecule has 0 aromatic heterocycles. The van der Waals surface area contributed by atoms with E-state index in [1.54, 1.807) is 6.92 Å². The molecular formula is C5H7NaO4S. The molecule has 0 saturated heterocycles. The van der Waals surface area contributed by atoms with Crippen molar-refractivity contribution in [2.45, 2.75) is 6.92 Å². The van der Waals surface area contributed by atoms with Gasteiger partial charge in [0, 0.05) is 6.92 Å². The van der Waals surface area contributed by atoms with Crippen LogP contribution in [0.15, 0.2) is 0 Å². The maximum Gasteiger partial charge on any atom is 1.00 e. The van der Waals surface area contributed by atoms with Crippen LogP contribution >= 0.6 is 0 Å². The van der Waals surface area contributed by atoms with Gasteiger partial charge in [-0.1, -0.05) is 5.92 Å². The van der Waals surface area contributed by atoms with E-state index in [0.717, 1.165) is 0 Å². The molecule has 0 saturated carbocycles. The summed E-state index contributed by atoms with van der Waals surface area (Å²) in [5.74, 6) is 1.86. The second-order valence-corrected chi connectivity index (χ2v) is 2.99. The van der Waals surface area contributed by atoms with E-state index >= 15 is 0 Å². The summed E-state index contributed by atoms with van der Waals surface area (Å²) in [5.41, 5.74) is 0. The van der Waals surface area contributed by atoms with Crippen LogP contribution < -0.4 is 29.6 Å². The van der Waals surface area contributed by atoms with Crippen molar-refractivity contribution in [2.24, 2.45) is 0 Å². The van der Waals surface area contributed by atoms with Crippen LogP contribution in [0, 0.1) is 12.0 Å². The molecule has 4 nitrogen and oxygen atoms in total. The van der Waals surface area contributed by atoms with E-state index < -0.39 is 15.9 Å². The van der Waals surface area contributed by atoms with Crippen molar-refractivity contribution in [3.8, 4) is 12.0 Å². The second-order valence-electron chi connectivity index (χ2n) is 1.46. The van der Waals surface area contributed by atoms with Gasteiger partial charge in [-0.15, -0.1) is 0 Å². The Morgan fingerprint density at radius 3 is 2.45 bits per heavy atom. The maximum absolute atomic E-state index is 9.91. The molecule has 0 aromatic rings. The Hall–Kier alpha value is 0.270. The zero-order chi connectivity index (χ0) is 8.04. The molecular weight excluding hydrogens is 179 g/mol. The molecule has 0 aliphatic rings. The minimum Gasteiger partial charge on any atom is -0.748 e. The number of rotatable bonds is 3. The Morgan fingerprint density at radius 1 is 1.55 bits per heavy atom. The molecule has 0 rings (SSSR count). The Balaban J connectivity index is 0.